The highest BCUT2D eigenvalue weighted by atomic mass is 32.2. The number of thioether (sulfide) groups is 1. The molecule has 0 atom stereocenters. The van der Waals surface area contributed by atoms with Crippen LogP contribution < -0.4 is 15.6 Å². The second-order valence-electron chi connectivity index (χ2n) is 9.05. The number of para-hydroxylation sites is 1. The topological polar surface area (TPSA) is 96.0 Å². The number of nitrogens with zero attached hydrogens (tertiary/aromatic N) is 5. The molecule has 9 nitrogen and oxygen atoms in total. The second-order valence-corrected chi connectivity index (χ2v) is 10.00. The molecule has 0 aliphatic rings. The molecule has 2 aromatic carbocycles. The number of aromatic nitrogens is 5. The van der Waals surface area contributed by atoms with Crippen molar-refractivity contribution >= 4 is 23.4 Å². The zero-order valence-electron chi connectivity index (χ0n) is 21.8. The van der Waals surface area contributed by atoms with Crippen LogP contribution in [0.4, 0.5) is 5.69 Å². The van der Waals surface area contributed by atoms with Crippen LogP contribution in [0.5, 0.6) is 5.75 Å². The Kier molecular flexibility index (Phi) is 8.17. The van der Waals surface area contributed by atoms with E-state index in [0.717, 1.165) is 22.8 Å². The lowest BCUT2D eigenvalue weighted by molar-refractivity contribution is -0.113. The predicted molar refractivity (Wildman–Crippen MR) is 147 cm³/mol. The first-order valence-electron chi connectivity index (χ1n) is 12.2. The first kappa shape index (κ1) is 26.3. The summed E-state index contributed by atoms with van der Waals surface area (Å²) in [4.78, 5) is 25.9. The van der Waals surface area contributed by atoms with E-state index >= 15 is 0 Å². The summed E-state index contributed by atoms with van der Waals surface area (Å²) in [6.07, 6.45) is 0. The fraction of sp³-hybridized carbons (Fsp3) is 0.333. The average molecular weight is 521 g/mol. The van der Waals surface area contributed by atoms with Crippen molar-refractivity contribution in [1.29, 1.82) is 0 Å². The number of carbonyl (C=O) groups excluding carboxylic acids is 1. The Morgan fingerprint density at radius 2 is 1.78 bits per heavy atom. The fourth-order valence-corrected chi connectivity index (χ4v) is 4.68. The van der Waals surface area contributed by atoms with Crippen molar-refractivity contribution in [3.05, 3.63) is 70.6 Å². The SMILES string of the molecule is CCn1c(SCC(=O)Nc2c(C)n(C)n(-c3ccccc3)c2=O)nnc1-c1ccc(OCC(C)C)cc1. The molecule has 0 aliphatic heterocycles. The van der Waals surface area contributed by atoms with Gasteiger partial charge in [0.15, 0.2) is 11.0 Å². The van der Waals surface area contributed by atoms with Crippen molar-refractivity contribution in [1.82, 2.24) is 24.1 Å². The van der Waals surface area contributed by atoms with Gasteiger partial charge in [-0.05, 0) is 56.2 Å². The number of ether oxygens (including phenoxy) is 1. The molecule has 1 N–H and O–H groups in total. The molecule has 0 saturated carbocycles. The summed E-state index contributed by atoms with van der Waals surface area (Å²) in [5.41, 5.74) is 2.32. The van der Waals surface area contributed by atoms with E-state index in [2.05, 4.69) is 29.4 Å². The Labute approximate surface area is 220 Å². The minimum atomic E-state index is -0.283. The van der Waals surface area contributed by atoms with Gasteiger partial charge < -0.3 is 14.6 Å². The zero-order chi connectivity index (χ0) is 26.5. The summed E-state index contributed by atoms with van der Waals surface area (Å²) in [7, 11) is 1.79. The molecule has 2 heterocycles. The van der Waals surface area contributed by atoms with Gasteiger partial charge in [0.2, 0.25) is 5.91 Å². The van der Waals surface area contributed by atoms with Gasteiger partial charge in [-0.15, -0.1) is 10.2 Å². The number of hydrogen-bond donors (Lipinski definition) is 1. The molecular weight excluding hydrogens is 488 g/mol. The quantitative estimate of drug-likeness (QED) is 0.309. The minimum absolute atomic E-state index is 0.0965. The standard InChI is InChI=1S/C27H32N6O3S/c1-6-32-25(20-12-14-22(15-13-20)36-16-18(2)3)29-30-27(32)37-17-23(34)28-24-19(4)31(5)33(26(24)35)21-10-8-7-9-11-21/h7-15,18H,6,16-17H2,1-5H3,(H,28,34). The van der Waals surface area contributed by atoms with Crippen LogP contribution in [0, 0.1) is 12.8 Å². The first-order valence-corrected chi connectivity index (χ1v) is 13.2. The summed E-state index contributed by atoms with van der Waals surface area (Å²) >= 11 is 1.29. The molecule has 1 amide bonds. The van der Waals surface area contributed by atoms with E-state index in [1.165, 1.54) is 16.4 Å². The molecule has 4 aromatic rings. The van der Waals surface area contributed by atoms with Crippen LogP contribution >= 0.6 is 11.8 Å². The Bertz CT molecular complexity index is 1420. The van der Waals surface area contributed by atoms with Crippen LogP contribution in [0.15, 0.2) is 64.5 Å². The monoisotopic (exact) mass is 520 g/mol. The molecule has 0 fully saturated rings. The summed E-state index contributed by atoms with van der Waals surface area (Å²) in [5.74, 6) is 1.81. The second kappa shape index (κ2) is 11.5. The lowest BCUT2D eigenvalue weighted by Gasteiger charge is -2.10. The van der Waals surface area contributed by atoms with Crippen molar-refractivity contribution in [2.24, 2.45) is 13.0 Å². The number of nitrogens with one attached hydrogen (secondary N) is 1. The van der Waals surface area contributed by atoms with E-state index in [4.69, 9.17) is 4.74 Å². The Morgan fingerprint density at radius 1 is 1.08 bits per heavy atom. The first-order chi connectivity index (χ1) is 17.8. The maximum absolute atomic E-state index is 13.1. The molecule has 2 aromatic heterocycles. The molecule has 4 rings (SSSR count). The van der Waals surface area contributed by atoms with E-state index < -0.39 is 0 Å². The van der Waals surface area contributed by atoms with Crippen LogP contribution in [-0.2, 0) is 18.4 Å². The Hall–Kier alpha value is -3.79. The number of carbonyl (C=O) groups is 1. The van der Waals surface area contributed by atoms with E-state index in [9.17, 15) is 9.59 Å². The van der Waals surface area contributed by atoms with Gasteiger partial charge in [-0.25, -0.2) is 4.68 Å². The summed E-state index contributed by atoms with van der Waals surface area (Å²) in [5, 5.41) is 12.1. The van der Waals surface area contributed by atoms with Gasteiger partial charge >= 0.3 is 0 Å². The minimum Gasteiger partial charge on any atom is -0.493 e. The van der Waals surface area contributed by atoms with E-state index in [0.29, 0.717) is 29.9 Å². The predicted octanol–water partition coefficient (Wildman–Crippen LogP) is 4.53. The van der Waals surface area contributed by atoms with Gasteiger partial charge in [-0.1, -0.05) is 43.8 Å². The van der Waals surface area contributed by atoms with Crippen molar-refractivity contribution in [2.45, 2.75) is 39.4 Å². The van der Waals surface area contributed by atoms with Gasteiger partial charge in [0.25, 0.3) is 5.56 Å². The van der Waals surface area contributed by atoms with E-state index in [1.54, 1.807) is 11.7 Å². The molecule has 0 aliphatic carbocycles. The van der Waals surface area contributed by atoms with Crippen LogP contribution in [0.1, 0.15) is 26.5 Å². The van der Waals surface area contributed by atoms with Gasteiger partial charge in [-0.2, -0.15) is 0 Å². The van der Waals surface area contributed by atoms with Crippen LogP contribution in [0.2, 0.25) is 0 Å². The number of rotatable bonds is 10. The summed E-state index contributed by atoms with van der Waals surface area (Å²) < 4.78 is 11.0. The Morgan fingerprint density at radius 3 is 2.43 bits per heavy atom. The highest BCUT2D eigenvalue weighted by Gasteiger charge is 2.19. The Balaban J connectivity index is 1.45. The highest BCUT2D eigenvalue weighted by Crippen LogP contribution is 2.26. The van der Waals surface area contributed by atoms with Crippen molar-refractivity contribution < 1.29 is 9.53 Å². The molecule has 0 radical (unpaired) electrons. The lowest BCUT2D eigenvalue weighted by atomic mass is 10.2. The number of benzene rings is 2. The molecule has 194 valence electrons. The van der Waals surface area contributed by atoms with Crippen LogP contribution in [0.25, 0.3) is 17.1 Å². The molecule has 0 spiro atoms. The molecular formula is C27H32N6O3S. The molecule has 0 saturated heterocycles. The summed E-state index contributed by atoms with van der Waals surface area (Å²) in [6.45, 7) is 9.35. The van der Waals surface area contributed by atoms with Crippen molar-refractivity contribution in [3.63, 3.8) is 0 Å². The fourth-order valence-electron chi connectivity index (χ4n) is 3.88. The van der Waals surface area contributed by atoms with Crippen molar-refractivity contribution in [2.75, 3.05) is 17.7 Å². The number of amides is 1. The lowest BCUT2D eigenvalue weighted by Crippen LogP contribution is -2.23. The average Bonchev–Trinajstić information content (AvgIpc) is 3.40. The van der Waals surface area contributed by atoms with E-state index in [-0.39, 0.29) is 22.9 Å². The zero-order valence-corrected chi connectivity index (χ0v) is 22.6. The maximum Gasteiger partial charge on any atom is 0.295 e. The van der Waals surface area contributed by atoms with Gasteiger partial charge in [0.1, 0.15) is 11.4 Å². The van der Waals surface area contributed by atoms with Crippen LogP contribution in [0.3, 0.4) is 0 Å². The third kappa shape index (κ3) is 5.80. The molecule has 10 heteroatoms. The smallest absolute Gasteiger partial charge is 0.295 e. The van der Waals surface area contributed by atoms with Crippen molar-refractivity contribution in [3.8, 4) is 22.8 Å². The molecule has 0 bridgehead atoms. The third-order valence-electron chi connectivity index (χ3n) is 5.88. The normalized spacial score (nSPS) is 11.2. The maximum atomic E-state index is 13.1. The van der Waals surface area contributed by atoms with Gasteiger partial charge in [0, 0.05) is 19.2 Å². The van der Waals surface area contributed by atoms with Gasteiger partial charge in [0.05, 0.1) is 23.7 Å². The third-order valence-corrected chi connectivity index (χ3v) is 6.85. The number of hydrogen-bond acceptors (Lipinski definition) is 6. The largest absolute Gasteiger partial charge is 0.493 e. The molecule has 0 unspecified atom stereocenters. The number of anilines is 1. The van der Waals surface area contributed by atoms with Crippen LogP contribution in [-0.4, -0.2) is 42.4 Å². The highest BCUT2D eigenvalue weighted by molar-refractivity contribution is 7.99. The summed E-state index contributed by atoms with van der Waals surface area (Å²) in [6, 6.07) is 17.1. The molecule has 37 heavy (non-hydrogen) atoms. The van der Waals surface area contributed by atoms with E-state index in [1.807, 2.05) is 73.0 Å². The van der Waals surface area contributed by atoms with Gasteiger partial charge in [-0.3, -0.25) is 14.3 Å².